The average Bonchev–Trinajstić information content (AvgIpc) is 2.84. The zero-order valence-electron chi connectivity index (χ0n) is 14.1. The smallest absolute Gasteiger partial charge is 0.300 e. The highest BCUT2D eigenvalue weighted by atomic mass is 32.2. The summed E-state index contributed by atoms with van der Waals surface area (Å²) in [5, 5.41) is 0. The van der Waals surface area contributed by atoms with Gasteiger partial charge in [-0.05, 0) is 25.5 Å². The molecule has 0 radical (unpaired) electrons. The summed E-state index contributed by atoms with van der Waals surface area (Å²) < 4.78 is 30.4. The summed E-state index contributed by atoms with van der Waals surface area (Å²) in [6.45, 7) is 4.88. The van der Waals surface area contributed by atoms with Gasteiger partial charge in [0.2, 0.25) is 6.35 Å². The molecule has 0 aliphatic carbocycles. The third-order valence-corrected chi connectivity index (χ3v) is 5.19. The first-order valence-electron chi connectivity index (χ1n) is 8.10. The molecule has 0 spiro atoms. The van der Waals surface area contributed by atoms with E-state index in [1.165, 1.54) is 12.8 Å². The third kappa shape index (κ3) is 4.72. The van der Waals surface area contributed by atoms with Gasteiger partial charge in [-0.2, -0.15) is 8.42 Å². The molecule has 1 aliphatic rings. The number of nitrogens with zero attached hydrogens (tertiary/aromatic N) is 2. The van der Waals surface area contributed by atoms with Crippen molar-refractivity contribution in [3.63, 3.8) is 0 Å². The molecule has 6 heteroatoms. The molecule has 0 saturated carbocycles. The minimum Gasteiger partial charge on any atom is -0.336 e. The Morgan fingerprint density at radius 1 is 1.09 bits per heavy atom. The van der Waals surface area contributed by atoms with E-state index in [-0.39, 0.29) is 4.90 Å². The van der Waals surface area contributed by atoms with Crippen molar-refractivity contribution in [1.29, 1.82) is 0 Å². The summed E-state index contributed by atoms with van der Waals surface area (Å²) in [7, 11) is -1.97. The van der Waals surface area contributed by atoms with E-state index >= 15 is 0 Å². The Kier molecular flexibility index (Phi) is 6.07. The van der Waals surface area contributed by atoms with E-state index in [4.69, 9.17) is 4.18 Å². The summed E-state index contributed by atoms with van der Waals surface area (Å²) in [4.78, 5) is 3.89. The maximum atomic E-state index is 12.5. The molecule has 1 unspecified atom stereocenters. The van der Waals surface area contributed by atoms with Gasteiger partial charge in [-0.3, -0.25) is 0 Å². The second-order valence-corrected chi connectivity index (χ2v) is 7.52. The van der Waals surface area contributed by atoms with Crippen LogP contribution in [0.4, 0.5) is 0 Å². The van der Waals surface area contributed by atoms with Crippen LogP contribution in [-0.4, -0.2) is 38.2 Å². The molecule has 128 valence electrons. The van der Waals surface area contributed by atoms with Crippen molar-refractivity contribution in [3.05, 3.63) is 42.2 Å². The topological polar surface area (TPSA) is 49.9 Å². The number of hydrogen-bond donors (Lipinski definition) is 0. The van der Waals surface area contributed by atoms with Gasteiger partial charge in [0, 0.05) is 26.0 Å². The Labute approximate surface area is 139 Å². The average molecular weight is 338 g/mol. The van der Waals surface area contributed by atoms with E-state index < -0.39 is 16.5 Å². The molecule has 0 aromatic heterocycles. The predicted octanol–water partition coefficient (Wildman–Crippen LogP) is 3.28. The molecule has 0 N–H and O–H groups in total. The molecule has 1 aliphatic heterocycles. The van der Waals surface area contributed by atoms with Crippen molar-refractivity contribution in [3.8, 4) is 0 Å². The van der Waals surface area contributed by atoms with E-state index in [1.54, 1.807) is 29.2 Å². The number of hydrogen-bond acceptors (Lipinski definition) is 5. The van der Waals surface area contributed by atoms with E-state index in [1.807, 2.05) is 31.3 Å². The molecule has 1 aromatic carbocycles. The van der Waals surface area contributed by atoms with Crippen LogP contribution in [0.2, 0.25) is 0 Å². The van der Waals surface area contributed by atoms with E-state index in [2.05, 4.69) is 6.92 Å². The lowest BCUT2D eigenvalue weighted by Crippen LogP contribution is -2.40. The van der Waals surface area contributed by atoms with Crippen molar-refractivity contribution in [1.82, 2.24) is 9.80 Å². The summed E-state index contributed by atoms with van der Waals surface area (Å²) in [6.07, 6.45) is 7.66. The van der Waals surface area contributed by atoms with Crippen LogP contribution < -0.4 is 0 Å². The first-order valence-corrected chi connectivity index (χ1v) is 9.51. The zero-order valence-corrected chi connectivity index (χ0v) is 14.9. The van der Waals surface area contributed by atoms with Gasteiger partial charge in [0.15, 0.2) is 0 Å². The molecule has 0 fully saturated rings. The SMILES string of the molecule is CCCCCCN1C=CN(C)C1OS(=O)(=O)c1ccc(C)cc1. The van der Waals surface area contributed by atoms with E-state index in [9.17, 15) is 8.42 Å². The highest BCUT2D eigenvalue weighted by Crippen LogP contribution is 2.22. The monoisotopic (exact) mass is 338 g/mol. The zero-order chi connectivity index (χ0) is 16.9. The molecular formula is C17H26N2O3S. The van der Waals surface area contributed by atoms with Gasteiger partial charge >= 0.3 is 0 Å². The molecule has 1 heterocycles. The lowest BCUT2D eigenvalue weighted by Gasteiger charge is -2.29. The molecule has 0 amide bonds. The van der Waals surface area contributed by atoms with Gasteiger partial charge in [-0.1, -0.05) is 43.9 Å². The first-order chi connectivity index (χ1) is 10.9. The summed E-state index contributed by atoms with van der Waals surface area (Å²) in [6, 6.07) is 6.71. The van der Waals surface area contributed by atoms with Crippen molar-refractivity contribution in [2.45, 2.75) is 50.8 Å². The van der Waals surface area contributed by atoms with Crippen molar-refractivity contribution < 1.29 is 12.6 Å². The van der Waals surface area contributed by atoms with Crippen LogP contribution >= 0.6 is 0 Å². The van der Waals surface area contributed by atoms with Gasteiger partial charge in [0.05, 0.1) is 4.90 Å². The van der Waals surface area contributed by atoms with Gasteiger partial charge in [-0.15, -0.1) is 0 Å². The van der Waals surface area contributed by atoms with Gasteiger partial charge in [0.25, 0.3) is 10.1 Å². The Morgan fingerprint density at radius 3 is 2.43 bits per heavy atom. The molecule has 0 bridgehead atoms. The number of aryl methyl sites for hydroxylation is 1. The predicted molar refractivity (Wildman–Crippen MR) is 91.0 cm³/mol. The first kappa shape index (κ1) is 17.8. The second-order valence-electron chi connectivity index (χ2n) is 5.95. The van der Waals surface area contributed by atoms with Crippen LogP contribution in [0.15, 0.2) is 41.6 Å². The largest absolute Gasteiger partial charge is 0.336 e. The van der Waals surface area contributed by atoms with Crippen molar-refractivity contribution in [2.75, 3.05) is 13.6 Å². The van der Waals surface area contributed by atoms with Crippen LogP contribution in [0, 0.1) is 6.92 Å². The Bertz CT molecular complexity index is 626. The standard InChI is InChI=1S/C17H26N2O3S/c1-4-5-6-7-12-19-14-13-18(3)17(19)22-23(20,21)16-10-8-15(2)9-11-16/h8-11,13-14,17H,4-7,12H2,1-3H3. The molecule has 5 nitrogen and oxygen atoms in total. The molecule has 23 heavy (non-hydrogen) atoms. The molecule has 2 rings (SSSR count). The Hall–Kier alpha value is -1.53. The highest BCUT2D eigenvalue weighted by Gasteiger charge is 2.30. The minimum atomic E-state index is -3.78. The molecule has 0 saturated heterocycles. The Morgan fingerprint density at radius 2 is 1.78 bits per heavy atom. The van der Waals surface area contributed by atoms with Crippen LogP contribution in [0.5, 0.6) is 0 Å². The highest BCUT2D eigenvalue weighted by molar-refractivity contribution is 7.86. The summed E-state index contributed by atoms with van der Waals surface area (Å²) in [5.74, 6) is 0. The quantitative estimate of drug-likeness (QED) is 0.538. The fourth-order valence-electron chi connectivity index (χ4n) is 2.48. The van der Waals surface area contributed by atoms with Crippen LogP contribution in [0.3, 0.4) is 0 Å². The third-order valence-electron chi connectivity index (χ3n) is 3.92. The van der Waals surface area contributed by atoms with Crippen molar-refractivity contribution in [2.24, 2.45) is 0 Å². The summed E-state index contributed by atoms with van der Waals surface area (Å²) in [5.41, 5.74) is 1.01. The fraction of sp³-hybridized carbons (Fsp3) is 0.529. The number of benzene rings is 1. The van der Waals surface area contributed by atoms with Gasteiger partial charge < -0.3 is 9.80 Å². The lowest BCUT2D eigenvalue weighted by atomic mass is 10.2. The lowest BCUT2D eigenvalue weighted by molar-refractivity contribution is -0.00905. The van der Waals surface area contributed by atoms with Crippen LogP contribution in [0.25, 0.3) is 0 Å². The van der Waals surface area contributed by atoms with Gasteiger partial charge in [-0.25, -0.2) is 4.18 Å². The molecular weight excluding hydrogens is 312 g/mol. The molecule has 1 aromatic rings. The van der Waals surface area contributed by atoms with Crippen LogP contribution in [-0.2, 0) is 14.3 Å². The fourth-order valence-corrected chi connectivity index (χ4v) is 3.53. The Balaban J connectivity index is 2.02. The maximum Gasteiger partial charge on any atom is 0.300 e. The van der Waals surface area contributed by atoms with Crippen LogP contribution in [0.1, 0.15) is 38.2 Å². The van der Waals surface area contributed by atoms with E-state index in [0.29, 0.717) is 0 Å². The number of rotatable bonds is 8. The normalized spacial score (nSPS) is 18.0. The second kappa shape index (κ2) is 7.84. The van der Waals surface area contributed by atoms with E-state index in [0.717, 1.165) is 24.9 Å². The molecule has 1 atom stereocenters. The van der Waals surface area contributed by atoms with Gasteiger partial charge in [0.1, 0.15) is 0 Å². The summed E-state index contributed by atoms with van der Waals surface area (Å²) >= 11 is 0. The van der Waals surface area contributed by atoms with Crippen molar-refractivity contribution >= 4 is 10.1 Å². The maximum absolute atomic E-state index is 12.5. The number of unbranched alkanes of at least 4 members (excludes halogenated alkanes) is 3. The minimum absolute atomic E-state index is 0.189.